The van der Waals surface area contributed by atoms with Crippen molar-refractivity contribution in [2.24, 2.45) is 0 Å². The lowest BCUT2D eigenvalue weighted by molar-refractivity contribution is -0.124. The quantitative estimate of drug-likeness (QED) is 0.713. The number of sulfonamides is 1. The molecule has 0 spiro atoms. The Morgan fingerprint density at radius 2 is 1.64 bits per heavy atom. The zero-order valence-corrected chi connectivity index (χ0v) is 17.2. The third kappa shape index (κ3) is 5.40. The molecular weight excluding hydrogens is 380 g/mol. The Kier molecular flexibility index (Phi) is 6.93. The predicted molar refractivity (Wildman–Crippen MR) is 105 cm³/mol. The largest absolute Gasteiger partial charge is 0.452 e. The maximum atomic E-state index is 12.4. The third-order valence-electron chi connectivity index (χ3n) is 4.00. The van der Waals surface area contributed by atoms with Crippen LogP contribution in [0.3, 0.4) is 0 Å². The summed E-state index contributed by atoms with van der Waals surface area (Å²) in [6.07, 6.45) is 0. The molecule has 8 heteroatoms. The van der Waals surface area contributed by atoms with Crippen LogP contribution in [0.1, 0.15) is 27.0 Å². The predicted octanol–water partition coefficient (Wildman–Crippen LogP) is 2.03. The summed E-state index contributed by atoms with van der Waals surface area (Å²) in [7, 11) is -0.745. The summed E-state index contributed by atoms with van der Waals surface area (Å²) in [5, 5.41) is 2.58. The van der Waals surface area contributed by atoms with E-state index in [-0.39, 0.29) is 11.4 Å². The molecule has 0 bridgehead atoms. The van der Waals surface area contributed by atoms with Crippen LogP contribution in [0.5, 0.6) is 0 Å². The highest BCUT2D eigenvalue weighted by atomic mass is 32.2. The first kappa shape index (κ1) is 21.6. The van der Waals surface area contributed by atoms with Crippen molar-refractivity contribution in [2.45, 2.75) is 25.3 Å². The summed E-state index contributed by atoms with van der Waals surface area (Å²) in [5.41, 5.74) is 2.68. The molecule has 1 N–H and O–H groups in total. The lowest BCUT2D eigenvalue weighted by atomic mass is 10.1. The van der Waals surface area contributed by atoms with Crippen molar-refractivity contribution in [1.29, 1.82) is 0 Å². The smallest absolute Gasteiger partial charge is 0.338 e. The first-order valence-corrected chi connectivity index (χ1v) is 10.1. The minimum Gasteiger partial charge on any atom is -0.452 e. The number of rotatable bonds is 7. The maximum absolute atomic E-state index is 12.4. The van der Waals surface area contributed by atoms with Gasteiger partial charge in [-0.15, -0.1) is 0 Å². The average molecular weight is 404 g/mol. The summed E-state index contributed by atoms with van der Waals surface area (Å²) < 4.78 is 30.9. The number of hydrogen-bond donors (Lipinski definition) is 1. The molecule has 0 aliphatic rings. The lowest BCUT2D eigenvalue weighted by Crippen LogP contribution is -2.30. The highest BCUT2D eigenvalue weighted by molar-refractivity contribution is 7.89. The van der Waals surface area contributed by atoms with Gasteiger partial charge in [0.2, 0.25) is 10.0 Å². The van der Waals surface area contributed by atoms with E-state index in [9.17, 15) is 18.0 Å². The van der Waals surface area contributed by atoms with E-state index in [0.717, 1.165) is 15.4 Å². The van der Waals surface area contributed by atoms with E-state index >= 15 is 0 Å². The molecule has 0 heterocycles. The highest BCUT2D eigenvalue weighted by Crippen LogP contribution is 2.18. The SMILES string of the molecule is Cc1cc(C)cc(C(=O)OCC(=O)NCc2ccccc2S(=O)(=O)N(C)C)c1. The van der Waals surface area contributed by atoms with Crippen molar-refractivity contribution in [3.63, 3.8) is 0 Å². The van der Waals surface area contributed by atoms with Gasteiger partial charge in [-0.25, -0.2) is 17.5 Å². The number of carbonyl (C=O) groups is 2. The number of aryl methyl sites for hydroxylation is 2. The zero-order chi connectivity index (χ0) is 20.9. The standard InChI is InChI=1S/C20H24N2O5S/c1-14-9-15(2)11-17(10-14)20(24)27-13-19(23)21-12-16-7-5-6-8-18(16)28(25,26)22(3)4/h5-11H,12-13H2,1-4H3,(H,21,23). The van der Waals surface area contributed by atoms with Crippen LogP contribution in [0.4, 0.5) is 0 Å². The van der Waals surface area contributed by atoms with E-state index in [1.54, 1.807) is 30.3 Å². The fourth-order valence-electron chi connectivity index (χ4n) is 2.65. The van der Waals surface area contributed by atoms with Crippen molar-refractivity contribution >= 4 is 21.9 Å². The van der Waals surface area contributed by atoms with Crippen molar-refractivity contribution in [3.05, 3.63) is 64.7 Å². The van der Waals surface area contributed by atoms with Gasteiger partial charge >= 0.3 is 5.97 Å². The second-order valence-electron chi connectivity index (χ2n) is 6.62. The minimum absolute atomic E-state index is 0.00316. The van der Waals surface area contributed by atoms with Crippen LogP contribution in [-0.4, -0.2) is 45.3 Å². The summed E-state index contributed by atoms with van der Waals surface area (Å²) in [4.78, 5) is 24.3. The van der Waals surface area contributed by atoms with Gasteiger partial charge in [-0.05, 0) is 37.6 Å². The summed E-state index contributed by atoms with van der Waals surface area (Å²) >= 11 is 0. The van der Waals surface area contributed by atoms with Gasteiger partial charge in [0.25, 0.3) is 5.91 Å². The number of hydrogen-bond acceptors (Lipinski definition) is 5. The molecule has 1 amide bonds. The first-order chi connectivity index (χ1) is 13.1. The van der Waals surface area contributed by atoms with Crippen LogP contribution in [0, 0.1) is 13.8 Å². The first-order valence-electron chi connectivity index (χ1n) is 8.64. The molecule has 2 rings (SSSR count). The third-order valence-corrected chi connectivity index (χ3v) is 5.91. The molecule has 7 nitrogen and oxygen atoms in total. The van der Waals surface area contributed by atoms with Gasteiger partial charge in [0.15, 0.2) is 6.61 Å². The molecule has 0 fully saturated rings. The van der Waals surface area contributed by atoms with Crippen molar-refractivity contribution < 1.29 is 22.7 Å². The zero-order valence-electron chi connectivity index (χ0n) is 16.4. The molecular formula is C20H24N2O5S. The molecule has 2 aromatic rings. The molecule has 0 aliphatic heterocycles. The van der Waals surface area contributed by atoms with Crippen LogP contribution in [0.15, 0.2) is 47.4 Å². The van der Waals surface area contributed by atoms with Crippen LogP contribution < -0.4 is 5.32 Å². The second kappa shape index (κ2) is 8.99. The van der Waals surface area contributed by atoms with Gasteiger partial charge in [0.1, 0.15) is 0 Å². The molecule has 0 aromatic heterocycles. The second-order valence-corrected chi connectivity index (χ2v) is 8.74. The van der Waals surface area contributed by atoms with Crippen molar-refractivity contribution in [3.8, 4) is 0 Å². The van der Waals surface area contributed by atoms with Crippen molar-refractivity contribution in [1.82, 2.24) is 9.62 Å². The Bertz CT molecular complexity index is 964. The number of amides is 1. The minimum atomic E-state index is -3.63. The normalized spacial score (nSPS) is 11.3. The van der Waals surface area contributed by atoms with Crippen molar-refractivity contribution in [2.75, 3.05) is 20.7 Å². The lowest BCUT2D eigenvalue weighted by Gasteiger charge is -2.15. The maximum Gasteiger partial charge on any atom is 0.338 e. The fourth-order valence-corrected chi connectivity index (χ4v) is 3.77. The Hall–Kier alpha value is -2.71. The molecule has 2 aromatic carbocycles. The van der Waals surface area contributed by atoms with E-state index < -0.39 is 28.5 Å². The Morgan fingerprint density at radius 1 is 1.04 bits per heavy atom. The molecule has 150 valence electrons. The van der Waals surface area contributed by atoms with E-state index in [0.29, 0.717) is 11.1 Å². The van der Waals surface area contributed by atoms with E-state index in [1.807, 2.05) is 19.9 Å². The molecule has 0 atom stereocenters. The summed E-state index contributed by atoms with van der Waals surface area (Å²) in [5.74, 6) is -1.10. The van der Waals surface area contributed by atoms with E-state index in [1.165, 1.54) is 20.2 Å². The van der Waals surface area contributed by atoms with Gasteiger partial charge in [0.05, 0.1) is 10.5 Å². The number of ether oxygens (including phenoxy) is 1. The van der Waals surface area contributed by atoms with Gasteiger partial charge in [-0.3, -0.25) is 4.79 Å². The number of nitrogens with zero attached hydrogens (tertiary/aromatic N) is 1. The highest BCUT2D eigenvalue weighted by Gasteiger charge is 2.21. The number of nitrogens with one attached hydrogen (secondary N) is 1. The van der Waals surface area contributed by atoms with E-state index in [2.05, 4.69) is 5.32 Å². The number of benzene rings is 2. The topological polar surface area (TPSA) is 92.8 Å². The number of carbonyl (C=O) groups excluding carboxylic acids is 2. The molecule has 0 aliphatic carbocycles. The molecule has 0 saturated heterocycles. The van der Waals surface area contributed by atoms with Crippen LogP contribution in [-0.2, 0) is 26.1 Å². The molecule has 0 radical (unpaired) electrons. The Labute approximate surface area is 165 Å². The van der Waals surface area contributed by atoms with Crippen LogP contribution in [0.25, 0.3) is 0 Å². The van der Waals surface area contributed by atoms with E-state index in [4.69, 9.17) is 4.74 Å². The van der Waals surface area contributed by atoms with Crippen LogP contribution in [0.2, 0.25) is 0 Å². The average Bonchev–Trinajstić information content (AvgIpc) is 2.63. The molecule has 28 heavy (non-hydrogen) atoms. The Morgan fingerprint density at radius 3 is 2.25 bits per heavy atom. The van der Waals surface area contributed by atoms with Gasteiger partial charge < -0.3 is 10.1 Å². The van der Waals surface area contributed by atoms with Gasteiger partial charge in [-0.1, -0.05) is 35.4 Å². The number of esters is 1. The molecule has 0 saturated carbocycles. The summed E-state index contributed by atoms with van der Waals surface area (Å²) in [6, 6.07) is 11.7. The van der Waals surface area contributed by atoms with Crippen LogP contribution >= 0.6 is 0 Å². The summed E-state index contributed by atoms with van der Waals surface area (Å²) in [6.45, 7) is 3.29. The van der Waals surface area contributed by atoms with Gasteiger partial charge in [0, 0.05) is 20.6 Å². The molecule has 0 unspecified atom stereocenters. The fraction of sp³-hybridized carbons (Fsp3) is 0.300. The Balaban J connectivity index is 1.97. The van der Waals surface area contributed by atoms with Gasteiger partial charge in [-0.2, -0.15) is 0 Å². The monoisotopic (exact) mass is 404 g/mol.